The minimum absolute atomic E-state index is 0.221. The monoisotopic (exact) mass is 284 g/mol. The highest BCUT2D eigenvalue weighted by Crippen LogP contribution is 2.38. The molecule has 0 amide bonds. The maximum atomic E-state index is 6.10. The summed E-state index contributed by atoms with van der Waals surface area (Å²) in [7, 11) is 2.28. The number of nitrogens with zero attached hydrogens (tertiary/aromatic N) is 1. The molecule has 1 N–H and O–H groups in total. The van der Waals surface area contributed by atoms with Crippen LogP contribution < -0.4 is 5.32 Å². The van der Waals surface area contributed by atoms with Crippen LogP contribution in [0, 0.1) is 0 Å². The van der Waals surface area contributed by atoms with Crippen molar-refractivity contribution in [3.8, 4) is 0 Å². The molecule has 3 aliphatic heterocycles. The van der Waals surface area contributed by atoms with E-state index in [2.05, 4.69) is 29.0 Å². The van der Waals surface area contributed by atoms with Gasteiger partial charge in [0.1, 0.15) is 0 Å². The molecule has 0 aromatic heterocycles. The third-order valence-electron chi connectivity index (χ3n) is 5.12. The average Bonchev–Trinajstić information content (AvgIpc) is 2.86. The number of likely N-dealkylation sites (N-methyl/N-ethyl adjacent to an activating group) is 1. The number of piperidine rings is 1. The molecule has 0 aromatic carbocycles. The third kappa shape index (κ3) is 3.46. The van der Waals surface area contributed by atoms with Gasteiger partial charge in [0.2, 0.25) is 0 Å². The van der Waals surface area contributed by atoms with E-state index in [1.54, 1.807) is 0 Å². The topological polar surface area (TPSA) is 24.5 Å². The molecule has 0 aromatic rings. The molecule has 0 aliphatic carbocycles. The molecule has 0 bridgehead atoms. The average molecular weight is 284 g/mol. The number of hydrogen-bond donors (Lipinski definition) is 1. The number of likely N-dealkylation sites (tertiary alicyclic amines) is 1. The fraction of sp³-hybridized carbons (Fsp3) is 1.00. The molecule has 3 fully saturated rings. The molecule has 0 saturated carbocycles. The Morgan fingerprint density at radius 2 is 2.32 bits per heavy atom. The Hall–Kier alpha value is 0.230. The predicted octanol–water partition coefficient (Wildman–Crippen LogP) is 2.12. The molecule has 3 aliphatic rings. The summed E-state index contributed by atoms with van der Waals surface area (Å²) in [6, 6.07) is 1.44. The summed E-state index contributed by atoms with van der Waals surface area (Å²) >= 11 is 2.07. The molecule has 3 unspecified atom stereocenters. The first-order valence-corrected chi connectivity index (χ1v) is 9.08. The van der Waals surface area contributed by atoms with E-state index < -0.39 is 0 Å². The van der Waals surface area contributed by atoms with Gasteiger partial charge in [-0.15, -0.1) is 0 Å². The first-order chi connectivity index (χ1) is 9.27. The van der Waals surface area contributed by atoms with Crippen LogP contribution in [0.25, 0.3) is 0 Å². The van der Waals surface area contributed by atoms with Gasteiger partial charge in [-0.2, -0.15) is 11.8 Å². The van der Waals surface area contributed by atoms with Gasteiger partial charge < -0.3 is 15.0 Å². The minimum Gasteiger partial charge on any atom is -0.374 e. The summed E-state index contributed by atoms with van der Waals surface area (Å²) in [5.74, 6) is 2.51. The highest BCUT2D eigenvalue weighted by Gasteiger charge is 2.40. The van der Waals surface area contributed by atoms with Crippen LogP contribution in [0.1, 0.15) is 38.5 Å². The van der Waals surface area contributed by atoms with E-state index >= 15 is 0 Å². The maximum Gasteiger partial charge on any atom is 0.0795 e. The lowest BCUT2D eigenvalue weighted by Crippen LogP contribution is -2.51. The van der Waals surface area contributed by atoms with Crippen molar-refractivity contribution in [2.75, 3.05) is 38.2 Å². The van der Waals surface area contributed by atoms with Gasteiger partial charge in [0.05, 0.1) is 5.60 Å². The van der Waals surface area contributed by atoms with Crippen LogP contribution in [-0.4, -0.2) is 60.8 Å². The predicted molar refractivity (Wildman–Crippen MR) is 81.9 cm³/mol. The number of nitrogens with one attached hydrogen (secondary N) is 1. The lowest BCUT2D eigenvalue weighted by molar-refractivity contribution is -0.0707. The molecule has 110 valence electrons. The zero-order valence-electron chi connectivity index (χ0n) is 12.2. The van der Waals surface area contributed by atoms with Gasteiger partial charge in [-0.25, -0.2) is 0 Å². The molecule has 3 rings (SSSR count). The van der Waals surface area contributed by atoms with Crippen molar-refractivity contribution in [2.45, 2.75) is 56.2 Å². The van der Waals surface area contributed by atoms with Crippen LogP contribution in [0.5, 0.6) is 0 Å². The van der Waals surface area contributed by atoms with Crippen molar-refractivity contribution < 1.29 is 4.74 Å². The van der Waals surface area contributed by atoms with E-state index in [0.29, 0.717) is 6.04 Å². The van der Waals surface area contributed by atoms with Crippen LogP contribution in [-0.2, 0) is 4.74 Å². The molecule has 4 heteroatoms. The second-order valence-electron chi connectivity index (χ2n) is 6.56. The Labute approximate surface area is 121 Å². The fourth-order valence-corrected chi connectivity index (χ4v) is 5.15. The van der Waals surface area contributed by atoms with Gasteiger partial charge >= 0.3 is 0 Å². The third-order valence-corrected chi connectivity index (χ3v) is 6.35. The molecule has 19 heavy (non-hydrogen) atoms. The van der Waals surface area contributed by atoms with Gasteiger partial charge in [0, 0.05) is 31.0 Å². The fourth-order valence-electron chi connectivity index (χ4n) is 3.77. The van der Waals surface area contributed by atoms with E-state index in [9.17, 15) is 0 Å². The Morgan fingerprint density at radius 3 is 3.11 bits per heavy atom. The summed E-state index contributed by atoms with van der Waals surface area (Å²) < 4.78 is 6.10. The van der Waals surface area contributed by atoms with Crippen LogP contribution in [0.4, 0.5) is 0 Å². The number of rotatable bonds is 3. The number of hydrogen-bond acceptors (Lipinski definition) is 4. The summed E-state index contributed by atoms with van der Waals surface area (Å²) in [4.78, 5) is 2.54. The van der Waals surface area contributed by atoms with E-state index in [1.807, 2.05) is 0 Å². The minimum atomic E-state index is 0.221. The molecule has 3 nitrogen and oxygen atoms in total. The van der Waals surface area contributed by atoms with Crippen molar-refractivity contribution in [1.82, 2.24) is 10.2 Å². The zero-order valence-corrected chi connectivity index (χ0v) is 13.0. The van der Waals surface area contributed by atoms with Crippen LogP contribution in [0.2, 0.25) is 0 Å². The molecule has 3 atom stereocenters. The van der Waals surface area contributed by atoms with Crippen molar-refractivity contribution in [1.29, 1.82) is 0 Å². The number of thioether (sulfide) groups is 1. The van der Waals surface area contributed by atoms with Crippen molar-refractivity contribution in [3.63, 3.8) is 0 Å². The Kier molecular flexibility index (Phi) is 4.73. The normalized spacial score (nSPS) is 40.9. The second-order valence-corrected chi connectivity index (χ2v) is 7.67. The molecule has 1 spiro atoms. The zero-order chi connectivity index (χ0) is 13.1. The van der Waals surface area contributed by atoms with Gasteiger partial charge in [-0.1, -0.05) is 6.42 Å². The standard InChI is InChI=1S/C15H28N2OS/c1-17-7-3-2-4-14(17)11-16-13-5-8-18-15(10-13)6-9-19-12-15/h13-14,16H,2-12H2,1H3. The van der Waals surface area contributed by atoms with Crippen molar-refractivity contribution in [2.24, 2.45) is 0 Å². The molecular weight excluding hydrogens is 256 g/mol. The first-order valence-electron chi connectivity index (χ1n) is 7.93. The summed E-state index contributed by atoms with van der Waals surface area (Å²) in [6.07, 6.45) is 7.85. The Morgan fingerprint density at radius 1 is 1.37 bits per heavy atom. The van der Waals surface area contributed by atoms with Crippen LogP contribution >= 0.6 is 11.8 Å². The van der Waals surface area contributed by atoms with E-state index in [-0.39, 0.29) is 5.60 Å². The summed E-state index contributed by atoms with van der Waals surface area (Å²) in [5, 5.41) is 3.84. The Bertz CT molecular complexity index is 294. The summed E-state index contributed by atoms with van der Waals surface area (Å²) in [6.45, 7) is 3.41. The molecule has 3 saturated heterocycles. The highest BCUT2D eigenvalue weighted by molar-refractivity contribution is 7.99. The number of ether oxygens (including phenoxy) is 1. The quantitative estimate of drug-likeness (QED) is 0.858. The second kappa shape index (κ2) is 6.33. The summed E-state index contributed by atoms with van der Waals surface area (Å²) in [5.41, 5.74) is 0.221. The molecule has 3 heterocycles. The maximum absolute atomic E-state index is 6.10. The smallest absolute Gasteiger partial charge is 0.0795 e. The van der Waals surface area contributed by atoms with Gasteiger partial charge in [0.15, 0.2) is 0 Å². The van der Waals surface area contributed by atoms with Crippen molar-refractivity contribution in [3.05, 3.63) is 0 Å². The lowest BCUT2D eigenvalue weighted by Gasteiger charge is -2.40. The van der Waals surface area contributed by atoms with Crippen molar-refractivity contribution >= 4 is 11.8 Å². The largest absolute Gasteiger partial charge is 0.374 e. The lowest BCUT2D eigenvalue weighted by atomic mass is 9.89. The first kappa shape index (κ1) is 14.2. The molecule has 0 radical (unpaired) electrons. The Balaban J connectivity index is 1.47. The van der Waals surface area contributed by atoms with E-state index in [1.165, 1.54) is 63.1 Å². The van der Waals surface area contributed by atoms with Crippen LogP contribution in [0.3, 0.4) is 0 Å². The van der Waals surface area contributed by atoms with E-state index in [0.717, 1.165) is 12.6 Å². The SMILES string of the molecule is CN1CCCCC1CNC1CCOC2(CCSC2)C1. The van der Waals surface area contributed by atoms with Crippen LogP contribution in [0.15, 0.2) is 0 Å². The van der Waals surface area contributed by atoms with Gasteiger partial charge in [-0.05, 0) is 51.4 Å². The highest BCUT2D eigenvalue weighted by atomic mass is 32.2. The van der Waals surface area contributed by atoms with Gasteiger partial charge in [-0.3, -0.25) is 0 Å². The van der Waals surface area contributed by atoms with Gasteiger partial charge in [0.25, 0.3) is 0 Å². The molecular formula is C15H28N2OS. The van der Waals surface area contributed by atoms with E-state index in [4.69, 9.17) is 4.74 Å².